The van der Waals surface area contributed by atoms with E-state index in [4.69, 9.17) is 17.3 Å². The third-order valence-electron chi connectivity index (χ3n) is 3.66. The lowest BCUT2D eigenvalue weighted by atomic mass is 10.1. The van der Waals surface area contributed by atoms with Gasteiger partial charge < -0.3 is 11.1 Å². The van der Waals surface area contributed by atoms with Crippen LogP contribution < -0.4 is 11.1 Å². The van der Waals surface area contributed by atoms with E-state index in [2.05, 4.69) is 5.32 Å². The minimum Gasteiger partial charge on any atom is -0.399 e. The van der Waals surface area contributed by atoms with Gasteiger partial charge in [0.25, 0.3) is 5.91 Å². The Kier molecular flexibility index (Phi) is 3.36. The zero-order valence-corrected chi connectivity index (χ0v) is 11.7. The van der Waals surface area contributed by atoms with E-state index in [0.717, 1.165) is 23.4 Å². The molecule has 0 aliphatic heterocycles. The second-order valence-corrected chi connectivity index (χ2v) is 5.47. The van der Waals surface area contributed by atoms with Gasteiger partial charge in [-0.3, -0.25) is 4.79 Å². The average molecular weight is 287 g/mol. The molecule has 0 aromatic heterocycles. The standard InChI is InChI=1S/C16H15ClN2O/c17-12-4-7-14-11(9-12)3-8-15(14)19-16(20)10-1-5-13(18)6-2-10/h1-2,4-7,9,15H,3,8,18H2,(H,19,20)/t15-/m1/s1. The van der Waals surface area contributed by atoms with Crippen LogP contribution in [0.4, 0.5) is 5.69 Å². The third-order valence-corrected chi connectivity index (χ3v) is 3.90. The van der Waals surface area contributed by atoms with Crippen molar-refractivity contribution in [2.45, 2.75) is 18.9 Å². The smallest absolute Gasteiger partial charge is 0.251 e. The predicted molar refractivity (Wildman–Crippen MR) is 80.8 cm³/mol. The Morgan fingerprint density at radius 2 is 1.95 bits per heavy atom. The van der Waals surface area contributed by atoms with Gasteiger partial charge >= 0.3 is 0 Å². The summed E-state index contributed by atoms with van der Waals surface area (Å²) in [6, 6.07) is 12.9. The van der Waals surface area contributed by atoms with Crippen molar-refractivity contribution < 1.29 is 4.79 Å². The summed E-state index contributed by atoms with van der Waals surface area (Å²) in [5, 5.41) is 3.81. The van der Waals surface area contributed by atoms with Gasteiger partial charge in [0.1, 0.15) is 0 Å². The molecule has 0 unspecified atom stereocenters. The summed E-state index contributed by atoms with van der Waals surface area (Å²) >= 11 is 5.99. The maximum atomic E-state index is 12.2. The molecule has 0 bridgehead atoms. The number of halogens is 1. The number of carbonyl (C=O) groups excluding carboxylic acids is 1. The van der Waals surface area contributed by atoms with E-state index < -0.39 is 0 Å². The van der Waals surface area contributed by atoms with Gasteiger partial charge in [-0.05, 0) is 60.4 Å². The van der Waals surface area contributed by atoms with E-state index in [1.54, 1.807) is 24.3 Å². The van der Waals surface area contributed by atoms with Crippen molar-refractivity contribution in [1.82, 2.24) is 5.32 Å². The first-order valence-corrected chi connectivity index (χ1v) is 6.96. The molecule has 3 rings (SSSR count). The number of anilines is 1. The summed E-state index contributed by atoms with van der Waals surface area (Å²) in [6.07, 6.45) is 1.86. The average Bonchev–Trinajstić information content (AvgIpc) is 2.81. The van der Waals surface area contributed by atoms with E-state index >= 15 is 0 Å². The van der Waals surface area contributed by atoms with Crippen molar-refractivity contribution in [1.29, 1.82) is 0 Å². The van der Waals surface area contributed by atoms with Crippen molar-refractivity contribution in [3.8, 4) is 0 Å². The molecular weight excluding hydrogens is 272 g/mol. The Hall–Kier alpha value is -2.00. The summed E-state index contributed by atoms with van der Waals surface area (Å²) in [4.78, 5) is 12.2. The molecule has 0 saturated heterocycles. The first-order chi connectivity index (χ1) is 9.63. The number of hydrogen-bond acceptors (Lipinski definition) is 2. The summed E-state index contributed by atoms with van der Waals surface area (Å²) < 4.78 is 0. The minimum absolute atomic E-state index is 0.0623. The molecule has 1 atom stereocenters. The maximum Gasteiger partial charge on any atom is 0.251 e. The maximum absolute atomic E-state index is 12.2. The van der Waals surface area contributed by atoms with E-state index in [9.17, 15) is 4.79 Å². The van der Waals surface area contributed by atoms with Crippen molar-refractivity contribution in [2.24, 2.45) is 0 Å². The van der Waals surface area contributed by atoms with Gasteiger partial charge in [-0.2, -0.15) is 0 Å². The van der Waals surface area contributed by atoms with Crippen LogP contribution in [0.5, 0.6) is 0 Å². The fourth-order valence-electron chi connectivity index (χ4n) is 2.61. The molecule has 2 aromatic rings. The molecule has 20 heavy (non-hydrogen) atoms. The number of carbonyl (C=O) groups is 1. The van der Waals surface area contributed by atoms with Gasteiger partial charge in [0, 0.05) is 16.3 Å². The molecule has 0 saturated carbocycles. The van der Waals surface area contributed by atoms with Crippen molar-refractivity contribution in [3.05, 3.63) is 64.2 Å². The van der Waals surface area contributed by atoms with Crippen LogP contribution in [-0.4, -0.2) is 5.91 Å². The fraction of sp³-hybridized carbons (Fsp3) is 0.188. The highest BCUT2D eigenvalue weighted by atomic mass is 35.5. The van der Waals surface area contributed by atoms with E-state index in [0.29, 0.717) is 11.3 Å². The van der Waals surface area contributed by atoms with Crippen LogP contribution in [0.3, 0.4) is 0 Å². The third kappa shape index (κ3) is 2.49. The van der Waals surface area contributed by atoms with E-state index in [1.165, 1.54) is 5.56 Å². The molecule has 4 heteroatoms. The number of hydrogen-bond donors (Lipinski definition) is 2. The Morgan fingerprint density at radius 3 is 2.70 bits per heavy atom. The second kappa shape index (κ2) is 5.17. The van der Waals surface area contributed by atoms with Crippen molar-refractivity contribution >= 4 is 23.2 Å². The zero-order valence-electron chi connectivity index (χ0n) is 10.9. The van der Waals surface area contributed by atoms with Crippen LogP contribution in [0.15, 0.2) is 42.5 Å². The van der Waals surface area contributed by atoms with E-state index in [1.807, 2.05) is 18.2 Å². The number of nitrogens with two attached hydrogens (primary N) is 1. The van der Waals surface area contributed by atoms with Gasteiger partial charge in [0.2, 0.25) is 0 Å². The SMILES string of the molecule is Nc1ccc(C(=O)N[C@@H]2CCc3cc(Cl)ccc32)cc1. The first kappa shape index (κ1) is 13.0. The van der Waals surface area contributed by atoms with Gasteiger partial charge in [-0.15, -0.1) is 0 Å². The Balaban J connectivity index is 1.77. The van der Waals surface area contributed by atoms with Gasteiger partial charge in [-0.1, -0.05) is 17.7 Å². The van der Waals surface area contributed by atoms with Crippen LogP contribution in [0.1, 0.15) is 33.9 Å². The molecular formula is C16H15ClN2O. The highest BCUT2D eigenvalue weighted by Crippen LogP contribution is 2.33. The molecule has 0 spiro atoms. The molecule has 3 nitrogen and oxygen atoms in total. The number of nitrogens with one attached hydrogen (secondary N) is 1. The molecule has 1 aliphatic rings. The Morgan fingerprint density at radius 1 is 1.20 bits per heavy atom. The van der Waals surface area contributed by atoms with Crippen LogP contribution in [0.2, 0.25) is 5.02 Å². The monoisotopic (exact) mass is 286 g/mol. The molecule has 0 fully saturated rings. The number of amides is 1. The van der Waals surface area contributed by atoms with Gasteiger partial charge in [0.05, 0.1) is 6.04 Å². The second-order valence-electron chi connectivity index (χ2n) is 5.03. The zero-order chi connectivity index (χ0) is 14.1. The Labute approximate surface area is 122 Å². The van der Waals surface area contributed by atoms with Crippen LogP contribution >= 0.6 is 11.6 Å². The number of benzene rings is 2. The topological polar surface area (TPSA) is 55.1 Å². The fourth-order valence-corrected chi connectivity index (χ4v) is 2.81. The molecule has 2 aromatic carbocycles. The lowest BCUT2D eigenvalue weighted by Gasteiger charge is -2.14. The highest BCUT2D eigenvalue weighted by Gasteiger charge is 2.24. The quantitative estimate of drug-likeness (QED) is 0.832. The summed E-state index contributed by atoms with van der Waals surface area (Å²) in [6.45, 7) is 0. The number of fused-ring (bicyclic) bond motifs is 1. The lowest BCUT2D eigenvalue weighted by Crippen LogP contribution is -2.27. The van der Waals surface area contributed by atoms with Crippen molar-refractivity contribution in [2.75, 3.05) is 5.73 Å². The predicted octanol–water partition coefficient (Wildman–Crippen LogP) is 3.34. The number of aryl methyl sites for hydroxylation is 1. The summed E-state index contributed by atoms with van der Waals surface area (Å²) in [5.41, 5.74) is 9.29. The summed E-state index contributed by atoms with van der Waals surface area (Å²) in [7, 11) is 0. The highest BCUT2D eigenvalue weighted by molar-refractivity contribution is 6.30. The molecule has 0 radical (unpaired) electrons. The number of rotatable bonds is 2. The van der Waals surface area contributed by atoms with Crippen LogP contribution in [-0.2, 0) is 6.42 Å². The lowest BCUT2D eigenvalue weighted by molar-refractivity contribution is 0.0937. The number of nitrogen functional groups attached to an aromatic ring is 1. The van der Waals surface area contributed by atoms with Crippen LogP contribution in [0.25, 0.3) is 0 Å². The molecule has 1 amide bonds. The molecule has 102 valence electrons. The molecule has 1 aliphatic carbocycles. The summed E-state index contributed by atoms with van der Waals surface area (Å²) in [5.74, 6) is -0.0715. The minimum atomic E-state index is -0.0715. The molecule has 0 heterocycles. The largest absolute Gasteiger partial charge is 0.399 e. The van der Waals surface area contributed by atoms with Crippen LogP contribution in [0, 0.1) is 0 Å². The van der Waals surface area contributed by atoms with Crippen molar-refractivity contribution in [3.63, 3.8) is 0 Å². The normalized spacial score (nSPS) is 16.8. The first-order valence-electron chi connectivity index (χ1n) is 6.58. The van der Waals surface area contributed by atoms with E-state index in [-0.39, 0.29) is 11.9 Å². The van der Waals surface area contributed by atoms with Gasteiger partial charge in [-0.25, -0.2) is 0 Å². The van der Waals surface area contributed by atoms with Gasteiger partial charge in [0.15, 0.2) is 0 Å². The molecule has 3 N–H and O–H groups in total. The Bertz CT molecular complexity index is 652.